The molecule has 0 atom stereocenters. The summed E-state index contributed by atoms with van der Waals surface area (Å²) < 4.78 is 0. The first-order valence-corrected chi connectivity index (χ1v) is 2.93. The van der Waals surface area contributed by atoms with Gasteiger partial charge in [0.2, 0.25) is 6.08 Å². The summed E-state index contributed by atoms with van der Waals surface area (Å²) in [7, 11) is 0. The number of amides is 1. The van der Waals surface area contributed by atoms with Gasteiger partial charge < -0.3 is 0 Å². The highest BCUT2D eigenvalue weighted by Gasteiger charge is 2.14. The first kappa shape index (κ1) is 9.81. The highest BCUT2D eigenvalue weighted by molar-refractivity contribution is 5.73. The summed E-state index contributed by atoms with van der Waals surface area (Å²) in [6, 6.07) is 0. The topological polar surface area (TPSA) is 65.0 Å². The van der Waals surface area contributed by atoms with Gasteiger partial charge in [-0.05, 0) is 20.8 Å². The van der Waals surface area contributed by atoms with Gasteiger partial charge in [0.1, 0.15) is 5.60 Å². The zero-order valence-electron chi connectivity index (χ0n) is 6.58. The molecule has 62 valence electrons. The van der Waals surface area contributed by atoms with E-state index in [9.17, 15) is 9.59 Å². The van der Waals surface area contributed by atoms with Crippen molar-refractivity contribution >= 4 is 12.2 Å². The molecule has 0 saturated heterocycles. The lowest BCUT2D eigenvalue weighted by atomic mass is 10.2. The van der Waals surface area contributed by atoms with Crippen LogP contribution < -0.4 is 0 Å². The second-order valence-corrected chi connectivity index (χ2v) is 2.75. The van der Waals surface area contributed by atoms with E-state index in [1.807, 2.05) is 0 Å². The number of aliphatic imine (C=N–C) groups is 1. The summed E-state index contributed by atoms with van der Waals surface area (Å²) >= 11 is 0. The maximum atomic E-state index is 10.3. The van der Waals surface area contributed by atoms with Crippen LogP contribution in [0.4, 0.5) is 4.79 Å². The maximum absolute atomic E-state index is 10.3. The Balaban J connectivity index is 3.72. The molecule has 11 heavy (non-hydrogen) atoms. The second-order valence-electron chi connectivity index (χ2n) is 2.75. The summed E-state index contributed by atoms with van der Waals surface area (Å²) in [5, 5.41) is 0. The van der Waals surface area contributed by atoms with E-state index in [1.54, 1.807) is 20.8 Å². The molecule has 0 heterocycles. The normalized spacial score (nSPS) is 10.1. The zero-order valence-corrected chi connectivity index (χ0v) is 6.58. The van der Waals surface area contributed by atoms with Crippen molar-refractivity contribution in [3.05, 3.63) is 0 Å². The smallest absolute Gasteiger partial charge is 0.272 e. The van der Waals surface area contributed by atoms with Crippen LogP contribution in [0.25, 0.3) is 0 Å². The van der Waals surface area contributed by atoms with Crippen molar-refractivity contribution in [1.82, 2.24) is 0 Å². The molecule has 0 radical (unpaired) electrons. The quantitative estimate of drug-likeness (QED) is 0.249. The van der Waals surface area contributed by atoms with Crippen LogP contribution in [0.15, 0.2) is 4.99 Å². The van der Waals surface area contributed by atoms with Gasteiger partial charge in [-0.15, -0.1) is 0 Å². The standard InChI is InChI=1S/C6H9NO4/c1-6(2,3)11-10-5(9)7-4-8/h1-3H3. The van der Waals surface area contributed by atoms with E-state index in [0.29, 0.717) is 0 Å². The minimum absolute atomic E-state index is 0.603. The largest absolute Gasteiger partial charge is 0.475 e. The molecule has 5 nitrogen and oxygen atoms in total. The van der Waals surface area contributed by atoms with E-state index in [0.717, 1.165) is 6.08 Å². The minimum Gasteiger partial charge on any atom is -0.272 e. The molecule has 0 N–H and O–H groups in total. The average Bonchev–Trinajstić information content (AvgIpc) is 1.83. The maximum Gasteiger partial charge on any atom is 0.475 e. The van der Waals surface area contributed by atoms with E-state index >= 15 is 0 Å². The molecule has 0 aromatic rings. The van der Waals surface area contributed by atoms with E-state index in [4.69, 9.17) is 0 Å². The van der Waals surface area contributed by atoms with Crippen molar-refractivity contribution in [3.63, 3.8) is 0 Å². The second kappa shape index (κ2) is 3.85. The van der Waals surface area contributed by atoms with Gasteiger partial charge >= 0.3 is 6.09 Å². The number of carbonyl (C=O) groups is 1. The lowest BCUT2D eigenvalue weighted by Crippen LogP contribution is -2.20. The van der Waals surface area contributed by atoms with Gasteiger partial charge in [0.25, 0.3) is 0 Å². The van der Waals surface area contributed by atoms with Crippen molar-refractivity contribution in [1.29, 1.82) is 0 Å². The predicted octanol–water partition coefficient (Wildman–Crippen LogP) is 1.19. The van der Waals surface area contributed by atoms with Crippen LogP contribution in [0, 0.1) is 0 Å². The van der Waals surface area contributed by atoms with Gasteiger partial charge in [-0.3, -0.25) is 4.89 Å². The molecule has 0 bridgehead atoms. The molecule has 0 rings (SSSR count). The molecule has 5 heteroatoms. The SMILES string of the molecule is CC(C)(C)OOC(=O)N=C=O. The molecule has 0 saturated carbocycles. The third kappa shape index (κ3) is 6.70. The Hall–Kier alpha value is -1.19. The molecule has 0 aliphatic rings. The van der Waals surface area contributed by atoms with E-state index in [-0.39, 0.29) is 0 Å². The fourth-order valence-electron chi connectivity index (χ4n) is 0.217. The molecule has 0 unspecified atom stereocenters. The van der Waals surface area contributed by atoms with E-state index in [2.05, 4.69) is 14.8 Å². The summed E-state index contributed by atoms with van der Waals surface area (Å²) in [5.41, 5.74) is -0.603. The van der Waals surface area contributed by atoms with Crippen LogP contribution >= 0.6 is 0 Å². The predicted molar refractivity (Wildman–Crippen MR) is 35.4 cm³/mol. The highest BCUT2D eigenvalue weighted by atomic mass is 17.2. The number of rotatable bonds is 1. The number of nitrogens with zero attached hydrogens (tertiary/aromatic N) is 1. The Bertz CT molecular complexity index is 187. The van der Waals surface area contributed by atoms with Crippen LogP contribution in [0.1, 0.15) is 20.8 Å². The van der Waals surface area contributed by atoms with Crippen LogP contribution in [0.3, 0.4) is 0 Å². The summed E-state index contributed by atoms with van der Waals surface area (Å²) in [6.45, 7) is 5.06. The molecule has 0 aliphatic carbocycles. The van der Waals surface area contributed by atoms with Crippen LogP contribution in [0.5, 0.6) is 0 Å². The van der Waals surface area contributed by atoms with Gasteiger partial charge in [-0.1, -0.05) is 4.99 Å². The van der Waals surface area contributed by atoms with Gasteiger partial charge in [-0.25, -0.2) is 9.59 Å². The van der Waals surface area contributed by atoms with E-state index in [1.165, 1.54) is 0 Å². The molecule has 0 aromatic carbocycles. The van der Waals surface area contributed by atoms with Crippen LogP contribution in [-0.4, -0.2) is 17.8 Å². The summed E-state index contributed by atoms with van der Waals surface area (Å²) in [6.07, 6.45) is -0.0777. The highest BCUT2D eigenvalue weighted by Crippen LogP contribution is 2.07. The first-order chi connectivity index (χ1) is 4.95. The number of hydrogen-bond donors (Lipinski definition) is 0. The summed E-state index contributed by atoms with van der Waals surface area (Å²) in [5.74, 6) is 0. The molecule has 0 spiro atoms. The molecule has 0 fully saturated rings. The Morgan fingerprint density at radius 2 is 2.00 bits per heavy atom. The van der Waals surface area contributed by atoms with Gasteiger partial charge in [0, 0.05) is 0 Å². The first-order valence-electron chi connectivity index (χ1n) is 2.93. The summed E-state index contributed by atoms with van der Waals surface area (Å²) in [4.78, 5) is 31.0. The third-order valence-corrected chi connectivity index (χ3v) is 0.500. The third-order valence-electron chi connectivity index (χ3n) is 0.500. The van der Waals surface area contributed by atoms with Gasteiger partial charge in [0.05, 0.1) is 0 Å². The van der Waals surface area contributed by atoms with Gasteiger partial charge in [0.15, 0.2) is 0 Å². The molecule has 0 aromatic heterocycles. The molecular formula is C6H9NO4. The number of carbonyl (C=O) groups excluding carboxylic acids is 2. The van der Waals surface area contributed by atoms with Gasteiger partial charge in [-0.2, -0.15) is 4.89 Å². The van der Waals surface area contributed by atoms with Crippen molar-refractivity contribution in [2.24, 2.45) is 4.99 Å². The van der Waals surface area contributed by atoms with Crippen molar-refractivity contribution in [3.8, 4) is 0 Å². The molecule has 0 aliphatic heterocycles. The number of isocyanates is 1. The Morgan fingerprint density at radius 1 is 1.45 bits per heavy atom. The lowest BCUT2D eigenvalue weighted by Gasteiger charge is -2.14. The monoisotopic (exact) mass is 159 g/mol. The van der Waals surface area contributed by atoms with Crippen molar-refractivity contribution in [2.45, 2.75) is 26.4 Å². The Kier molecular flexibility index (Phi) is 3.44. The average molecular weight is 159 g/mol. The van der Waals surface area contributed by atoms with Crippen LogP contribution in [-0.2, 0) is 14.6 Å². The van der Waals surface area contributed by atoms with Crippen molar-refractivity contribution in [2.75, 3.05) is 0 Å². The molecular weight excluding hydrogens is 150 g/mol. The number of hydrogen-bond acceptors (Lipinski definition) is 4. The van der Waals surface area contributed by atoms with Crippen molar-refractivity contribution < 1.29 is 19.4 Å². The fraction of sp³-hybridized carbons (Fsp3) is 0.667. The minimum atomic E-state index is -1.10. The lowest BCUT2D eigenvalue weighted by molar-refractivity contribution is -0.298. The zero-order chi connectivity index (χ0) is 8.91. The molecule has 1 amide bonds. The Labute approximate surface area is 63.9 Å². The fourth-order valence-corrected chi connectivity index (χ4v) is 0.217. The van der Waals surface area contributed by atoms with Crippen LogP contribution in [0.2, 0.25) is 0 Å². The Morgan fingerprint density at radius 3 is 2.36 bits per heavy atom. The van der Waals surface area contributed by atoms with E-state index < -0.39 is 11.7 Å².